The normalized spacial score (nSPS) is 10.6. The number of hydrogen-bond acceptors (Lipinski definition) is 4. The fraction of sp³-hybridized carbons (Fsp3) is 0.0769. The zero-order chi connectivity index (χ0) is 13.2. The Morgan fingerprint density at radius 1 is 1.16 bits per heavy atom. The van der Waals surface area contributed by atoms with Crippen LogP contribution in [0.2, 0.25) is 0 Å². The first kappa shape index (κ1) is 11.3. The highest BCUT2D eigenvalue weighted by Crippen LogP contribution is 2.12. The van der Waals surface area contributed by atoms with Crippen LogP contribution in [-0.2, 0) is 0 Å². The van der Waals surface area contributed by atoms with Crippen molar-refractivity contribution in [1.82, 2.24) is 20.4 Å². The number of amides is 1. The van der Waals surface area contributed by atoms with Crippen LogP contribution in [0.5, 0.6) is 0 Å². The molecular weight excluding hydrogens is 242 g/mol. The van der Waals surface area contributed by atoms with Gasteiger partial charge >= 0.3 is 0 Å². The summed E-state index contributed by atoms with van der Waals surface area (Å²) in [6, 6.07) is 10.6. The van der Waals surface area contributed by atoms with Crippen LogP contribution in [0.3, 0.4) is 0 Å². The maximum Gasteiger partial charge on any atom is 0.256 e. The van der Waals surface area contributed by atoms with Gasteiger partial charge < -0.3 is 5.32 Å². The lowest BCUT2D eigenvalue weighted by molar-refractivity contribution is 0.102. The Kier molecular flexibility index (Phi) is 2.68. The molecule has 3 rings (SSSR count). The summed E-state index contributed by atoms with van der Waals surface area (Å²) in [5, 5.41) is 13.2. The van der Waals surface area contributed by atoms with Gasteiger partial charge in [0.1, 0.15) is 16.9 Å². The van der Waals surface area contributed by atoms with E-state index in [2.05, 4.69) is 25.7 Å². The van der Waals surface area contributed by atoms with Gasteiger partial charge in [0.15, 0.2) is 0 Å². The van der Waals surface area contributed by atoms with Crippen LogP contribution in [0.25, 0.3) is 11.0 Å². The minimum atomic E-state index is -0.219. The van der Waals surface area contributed by atoms with E-state index in [9.17, 15) is 4.79 Å². The summed E-state index contributed by atoms with van der Waals surface area (Å²) in [7, 11) is 0. The Hall–Kier alpha value is -2.76. The molecule has 3 aromatic rings. The first-order chi connectivity index (χ1) is 9.22. The molecular formula is C13H11N5O. The fourth-order valence-corrected chi connectivity index (χ4v) is 1.78. The van der Waals surface area contributed by atoms with Crippen molar-refractivity contribution in [3.63, 3.8) is 0 Å². The van der Waals surface area contributed by atoms with Crippen molar-refractivity contribution in [2.75, 3.05) is 5.32 Å². The molecule has 0 saturated carbocycles. The van der Waals surface area contributed by atoms with Crippen molar-refractivity contribution >= 4 is 22.8 Å². The number of benzene rings is 1. The number of H-pyrrole nitrogens is 1. The molecule has 2 N–H and O–H groups in total. The zero-order valence-corrected chi connectivity index (χ0v) is 10.2. The molecule has 1 amide bonds. The van der Waals surface area contributed by atoms with E-state index < -0.39 is 0 Å². The monoisotopic (exact) mass is 253 g/mol. The predicted octanol–water partition coefficient (Wildman–Crippen LogP) is 1.91. The van der Waals surface area contributed by atoms with Crippen LogP contribution in [-0.4, -0.2) is 26.3 Å². The van der Waals surface area contributed by atoms with Crippen LogP contribution in [0.15, 0.2) is 36.4 Å². The van der Waals surface area contributed by atoms with Crippen molar-refractivity contribution < 1.29 is 4.79 Å². The quantitative estimate of drug-likeness (QED) is 0.730. The van der Waals surface area contributed by atoms with Crippen molar-refractivity contribution in [3.8, 4) is 0 Å². The van der Waals surface area contributed by atoms with E-state index in [4.69, 9.17) is 0 Å². The molecule has 1 aromatic carbocycles. The van der Waals surface area contributed by atoms with Crippen LogP contribution in [0, 0.1) is 6.92 Å². The number of aromatic amines is 1. The van der Waals surface area contributed by atoms with Crippen LogP contribution in [0.4, 0.5) is 5.82 Å². The summed E-state index contributed by atoms with van der Waals surface area (Å²) < 4.78 is 0. The number of carbonyl (C=O) groups is 1. The lowest BCUT2D eigenvalue weighted by Gasteiger charge is -2.04. The molecule has 0 aliphatic heterocycles. The standard InChI is InChI=1S/C13H11N5O/c1-8-3-2-4-12(14-8)15-13(19)9-5-6-10-11(7-9)17-18-16-10/h2-7H,1H3,(H,14,15,19)(H,16,17,18). The highest BCUT2D eigenvalue weighted by atomic mass is 16.1. The first-order valence-electron chi connectivity index (χ1n) is 5.78. The third-order valence-electron chi connectivity index (χ3n) is 2.71. The van der Waals surface area contributed by atoms with Gasteiger partial charge in [-0.1, -0.05) is 6.07 Å². The second-order valence-corrected chi connectivity index (χ2v) is 4.15. The lowest BCUT2D eigenvalue weighted by atomic mass is 10.2. The molecule has 2 heterocycles. The average Bonchev–Trinajstić information content (AvgIpc) is 2.85. The number of nitrogens with one attached hydrogen (secondary N) is 2. The van der Waals surface area contributed by atoms with Gasteiger partial charge in [0, 0.05) is 11.3 Å². The van der Waals surface area contributed by atoms with Crippen LogP contribution in [0.1, 0.15) is 16.1 Å². The Balaban J connectivity index is 1.87. The lowest BCUT2D eigenvalue weighted by Crippen LogP contribution is -2.13. The maximum absolute atomic E-state index is 12.1. The molecule has 6 heteroatoms. The summed E-state index contributed by atoms with van der Waals surface area (Å²) in [4.78, 5) is 16.3. The molecule has 0 saturated heterocycles. The second kappa shape index (κ2) is 4.49. The van der Waals surface area contributed by atoms with Gasteiger partial charge in [0.05, 0.1) is 0 Å². The van der Waals surface area contributed by atoms with Gasteiger partial charge in [-0.25, -0.2) is 4.98 Å². The SMILES string of the molecule is Cc1cccc(NC(=O)c2ccc3n[nH]nc3c2)n1. The molecule has 2 aromatic heterocycles. The highest BCUT2D eigenvalue weighted by Gasteiger charge is 2.09. The zero-order valence-electron chi connectivity index (χ0n) is 10.2. The molecule has 6 nitrogen and oxygen atoms in total. The van der Waals surface area contributed by atoms with E-state index in [1.165, 1.54) is 0 Å². The summed E-state index contributed by atoms with van der Waals surface area (Å²) in [6.45, 7) is 1.87. The summed E-state index contributed by atoms with van der Waals surface area (Å²) in [6.07, 6.45) is 0. The summed E-state index contributed by atoms with van der Waals surface area (Å²) in [5.41, 5.74) is 2.75. The van der Waals surface area contributed by atoms with E-state index in [1.54, 1.807) is 24.3 Å². The molecule has 0 unspecified atom stereocenters. The minimum absolute atomic E-state index is 0.219. The third kappa shape index (κ3) is 2.28. The van der Waals surface area contributed by atoms with E-state index in [0.29, 0.717) is 16.9 Å². The number of hydrogen-bond donors (Lipinski definition) is 2. The number of rotatable bonds is 2. The van der Waals surface area contributed by atoms with E-state index in [-0.39, 0.29) is 5.91 Å². The number of aromatic nitrogens is 4. The number of fused-ring (bicyclic) bond motifs is 1. The maximum atomic E-state index is 12.1. The fourth-order valence-electron chi connectivity index (χ4n) is 1.78. The average molecular weight is 253 g/mol. The molecule has 0 radical (unpaired) electrons. The molecule has 0 atom stereocenters. The number of aryl methyl sites for hydroxylation is 1. The van der Waals surface area contributed by atoms with Gasteiger partial charge in [-0.2, -0.15) is 15.4 Å². The molecule has 0 fully saturated rings. The van der Waals surface area contributed by atoms with Crippen LogP contribution >= 0.6 is 0 Å². The molecule has 0 spiro atoms. The largest absolute Gasteiger partial charge is 0.307 e. The molecule has 0 aliphatic rings. The molecule has 94 valence electrons. The highest BCUT2D eigenvalue weighted by molar-refractivity contribution is 6.05. The number of carbonyl (C=O) groups excluding carboxylic acids is 1. The van der Waals surface area contributed by atoms with Gasteiger partial charge in [-0.15, -0.1) is 0 Å². The van der Waals surface area contributed by atoms with Gasteiger partial charge in [-0.05, 0) is 37.3 Å². The van der Waals surface area contributed by atoms with E-state index in [0.717, 1.165) is 11.2 Å². The predicted molar refractivity (Wildman–Crippen MR) is 70.8 cm³/mol. The smallest absolute Gasteiger partial charge is 0.256 e. The third-order valence-corrected chi connectivity index (χ3v) is 2.71. The summed E-state index contributed by atoms with van der Waals surface area (Å²) >= 11 is 0. The number of nitrogens with zero attached hydrogens (tertiary/aromatic N) is 3. The van der Waals surface area contributed by atoms with E-state index >= 15 is 0 Å². The Labute approximate surface area is 108 Å². The number of anilines is 1. The van der Waals surface area contributed by atoms with Gasteiger partial charge in [-0.3, -0.25) is 4.79 Å². The van der Waals surface area contributed by atoms with Crippen molar-refractivity contribution in [2.24, 2.45) is 0 Å². The van der Waals surface area contributed by atoms with E-state index in [1.807, 2.05) is 19.1 Å². The van der Waals surface area contributed by atoms with Gasteiger partial charge in [0.2, 0.25) is 0 Å². The van der Waals surface area contributed by atoms with Crippen LogP contribution < -0.4 is 5.32 Å². The molecule has 0 bridgehead atoms. The Morgan fingerprint density at radius 2 is 2.00 bits per heavy atom. The molecule has 0 aliphatic carbocycles. The van der Waals surface area contributed by atoms with Crippen molar-refractivity contribution in [2.45, 2.75) is 6.92 Å². The Morgan fingerprint density at radius 3 is 2.84 bits per heavy atom. The van der Waals surface area contributed by atoms with Gasteiger partial charge in [0.25, 0.3) is 5.91 Å². The first-order valence-corrected chi connectivity index (χ1v) is 5.78. The van der Waals surface area contributed by atoms with Crippen molar-refractivity contribution in [1.29, 1.82) is 0 Å². The summed E-state index contributed by atoms with van der Waals surface area (Å²) in [5.74, 6) is 0.313. The second-order valence-electron chi connectivity index (χ2n) is 4.15. The minimum Gasteiger partial charge on any atom is -0.307 e. The topological polar surface area (TPSA) is 83.6 Å². The van der Waals surface area contributed by atoms with Crippen molar-refractivity contribution in [3.05, 3.63) is 47.7 Å². The Bertz CT molecular complexity index is 749. The number of pyridine rings is 1. The molecule has 19 heavy (non-hydrogen) atoms.